The van der Waals surface area contributed by atoms with E-state index >= 15 is 0 Å². The first-order valence-electron chi connectivity index (χ1n) is 2.70. The highest BCUT2D eigenvalue weighted by atomic mass is 32.2. The first-order chi connectivity index (χ1) is 5.05. The number of sulfonamides is 1. The van der Waals surface area contributed by atoms with E-state index in [0.717, 1.165) is 11.3 Å². The Morgan fingerprint density at radius 1 is 1.64 bits per heavy atom. The molecule has 2 N–H and O–H groups in total. The highest BCUT2D eigenvalue weighted by molar-refractivity contribution is 7.91. The number of primary sulfonamides is 1. The van der Waals surface area contributed by atoms with E-state index in [1.807, 2.05) is 0 Å². The van der Waals surface area contributed by atoms with Crippen LogP contribution < -0.4 is 9.88 Å². The van der Waals surface area contributed by atoms with Crippen LogP contribution in [0.3, 0.4) is 0 Å². The molecule has 0 aromatic carbocycles. The van der Waals surface area contributed by atoms with Gasteiger partial charge in [0, 0.05) is 0 Å². The molecule has 1 aromatic heterocycles. The smallest absolute Gasteiger partial charge is 0.251 e. The maximum absolute atomic E-state index is 10.8. The Morgan fingerprint density at radius 2 is 2.27 bits per heavy atom. The van der Waals surface area contributed by atoms with Crippen LogP contribution in [0, 0.1) is 0 Å². The summed E-state index contributed by atoms with van der Waals surface area (Å²) in [5, 5.41) is 6.49. The second-order valence-electron chi connectivity index (χ2n) is 1.82. The second kappa shape index (κ2) is 2.80. The largest absolute Gasteiger partial charge is 0.494 e. The average Bonchev–Trinajstić information content (AvgIpc) is 2.31. The van der Waals surface area contributed by atoms with Gasteiger partial charge in [-0.3, -0.25) is 0 Å². The van der Waals surface area contributed by atoms with Gasteiger partial charge in [0.1, 0.15) is 5.75 Å². The van der Waals surface area contributed by atoms with E-state index in [0.29, 0.717) is 5.75 Å². The van der Waals surface area contributed by atoms with Crippen LogP contribution in [-0.2, 0) is 10.0 Å². The summed E-state index contributed by atoms with van der Waals surface area (Å²) in [6.45, 7) is 0. The zero-order chi connectivity index (χ0) is 8.48. The van der Waals surface area contributed by atoms with Gasteiger partial charge in [-0.1, -0.05) is 0 Å². The quantitative estimate of drug-likeness (QED) is 0.739. The zero-order valence-electron chi connectivity index (χ0n) is 5.77. The summed E-state index contributed by atoms with van der Waals surface area (Å²) in [5.41, 5.74) is 0. The van der Waals surface area contributed by atoms with E-state index in [1.54, 1.807) is 11.4 Å². The minimum absolute atomic E-state index is 0.0694. The monoisotopic (exact) mass is 193 g/mol. The molecule has 1 rings (SSSR count). The SMILES string of the molecule is COc1ccsc1S(N)(=O)=O. The van der Waals surface area contributed by atoms with E-state index in [4.69, 9.17) is 9.88 Å². The Labute approximate surface area is 68.7 Å². The van der Waals surface area contributed by atoms with Crippen LogP contribution in [0.25, 0.3) is 0 Å². The normalized spacial score (nSPS) is 11.5. The third kappa shape index (κ3) is 1.70. The van der Waals surface area contributed by atoms with Crippen molar-refractivity contribution in [2.24, 2.45) is 5.14 Å². The molecule has 0 bridgehead atoms. The number of nitrogens with two attached hydrogens (primary N) is 1. The standard InChI is InChI=1S/C5H7NO3S2/c1-9-4-2-3-10-5(4)11(6,7)8/h2-3H,1H3,(H2,6,7,8). The van der Waals surface area contributed by atoms with Gasteiger partial charge >= 0.3 is 0 Å². The third-order valence-electron chi connectivity index (χ3n) is 1.07. The van der Waals surface area contributed by atoms with E-state index in [9.17, 15) is 8.42 Å². The fourth-order valence-electron chi connectivity index (χ4n) is 0.642. The van der Waals surface area contributed by atoms with Crippen LogP contribution >= 0.6 is 11.3 Å². The van der Waals surface area contributed by atoms with E-state index in [1.165, 1.54) is 7.11 Å². The van der Waals surface area contributed by atoms with Crippen LogP contribution in [0.5, 0.6) is 5.75 Å². The number of rotatable bonds is 2. The van der Waals surface area contributed by atoms with Gasteiger partial charge in [-0.25, -0.2) is 13.6 Å². The van der Waals surface area contributed by atoms with Gasteiger partial charge in [-0.2, -0.15) is 0 Å². The summed E-state index contributed by atoms with van der Waals surface area (Å²) < 4.78 is 26.4. The van der Waals surface area contributed by atoms with Crippen LogP contribution in [0.15, 0.2) is 15.7 Å². The van der Waals surface area contributed by atoms with E-state index in [-0.39, 0.29) is 4.21 Å². The molecule has 0 spiro atoms. The molecule has 0 aliphatic heterocycles. The molecule has 1 heterocycles. The fraction of sp³-hybridized carbons (Fsp3) is 0.200. The van der Waals surface area contributed by atoms with Gasteiger partial charge in [0.05, 0.1) is 7.11 Å². The molecular formula is C5H7NO3S2. The lowest BCUT2D eigenvalue weighted by Crippen LogP contribution is -2.11. The number of ether oxygens (including phenoxy) is 1. The summed E-state index contributed by atoms with van der Waals surface area (Å²) in [7, 11) is -2.21. The Morgan fingerprint density at radius 3 is 2.64 bits per heavy atom. The first-order valence-corrected chi connectivity index (χ1v) is 5.12. The molecule has 0 saturated carbocycles. The van der Waals surface area contributed by atoms with Gasteiger partial charge in [-0.15, -0.1) is 11.3 Å². The fourth-order valence-corrected chi connectivity index (χ4v) is 2.36. The molecule has 4 nitrogen and oxygen atoms in total. The van der Waals surface area contributed by atoms with E-state index in [2.05, 4.69) is 0 Å². The molecule has 0 aliphatic carbocycles. The molecule has 0 radical (unpaired) electrons. The van der Waals surface area contributed by atoms with Crippen LogP contribution in [0.4, 0.5) is 0 Å². The Bertz CT molecular complexity index is 340. The molecule has 0 aliphatic rings. The molecule has 62 valence electrons. The lowest BCUT2D eigenvalue weighted by molar-refractivity contribution is 0.406. The number of hydrogen-bond donors (Lipinski definition) is 1. The summed E-state index contributed by atoms with van der Waals surface area (Å²) in [6, 6.07) is 1.56. The Balaban J connectivity index is 3.24. The zero-order valence-corrected chi connectivity index (χ0v) is 7.41. The molecular weight excluding hydrogens is 186 g/mol. The first kappa shape index (κ1) is 8.51. The Kier molecular flexibility index (Phi) is 2.17. The summed E-state index contributed by atoms with van der Waals surface area (Å²) in [6.07, 6.45) is 0. The molecule has 0 atom stereocenters. The van der Waals surface area contributed by atoms with Crippen molar-refractivity contribution in [2.45, 2.75) is 4.21 Å². The van der Waals surface area contributed by atoms with Gasteiger partial charge in [0.2, 0.25) is 0 Å². The summed E-state index contributed by atoms with van der Waals surface area (Å²) >= 11 is 1.04. The minimum Gasteiger partial charge on any atom is -0.494 e. The van der Waals surface area contributed by atoms with Crippen molar-refractivity contribution in [3.8, 4) is 5.75 Å². The van der Waals surface area contributed by atoms with E-state index < -0.39 is 10.0 Å². The van der Waals surface area contributed by atoms with Crippen molar-refractivity contribution < 1.29 is 13.2 Å². The van der Waals surface area contributed by atoms with Gasteiger partial charge in [0.15, 0.2) is 4.21 Å². The Hall–Kier alpha value is -0.590. The van der Waals surface area contributed by atoms with Crippen molar-refractivity contribution in [3.63, 3.8) is 0 Å². The lowest BCUT2D eigenvalue weighted by Gasteiger charge is -1.97. The predicted molar refractivity (Wildman–Crippen MR) is 42.2 cm³/mol. The molecule has 1 aromatic rings. The van der Waals surface area contributed by atoms with Crippen molar-refractivity contribution in [3.05, 3.63) is 11.4 Å². The second-order valence-corrected chi connectivity index (χ2v) is 4.49. The van der Waals surface area contributed by atoms with Crippen LogP contribution in [-0.4, -0.2) is 15.5 Å². The minimum atomic E-state index is -3.61. The van der Waals surface area contributed by atoms with Gasteiger partial charge < -0.3 is 4.74 Å². The lowest BCUT2D eigenvalue weighted by atomic mass is 10.6. The van der Waals surface area contributed by atoms with Crippen molar-refractivity contribution in [1.82, 2.24) is 0 Å². The third-order valence-corrected chi connectivity index (χ3v) is 3.47. The van der Waals surface area contributed by atoms with Gasteiger partial charge in [-0.05, 0) is 11.4 Å². The molecule has 0 amide bonds. The topological polar surface area (TPSA) is 69.4 Å². The summed E-state index contributed by atoms with van der Waals surface area (Å²) in [5.74, 6) is 0.303. The average molecular weight is 193 g/mol. The van der Waals surface area contributed by atoms with Crippen molar-refractivity contribution in [1.29, 1.82) is 0 Å². The highest BCUT2D eigenvalue weighted by Crippen LogP contribution is 2.27. The molecule has 0 saturated heterocycles. The number of methoxy groups -OCH3 is 1. The maximum atomic E-state index is 10.8. The highest BCUT2D eigenvalue weighted by Gasteiger charge is 2.15. The number of thiophene rings is 1. The predicted octanol–water partition coefficient (Wildman–Crippen LogP) is 0.404. The molecule has 6 heteroatoms. The maximum Gasteiger partial charge on any atom is 0.251 e. The van der Waals surface area contributed by atoms with Crippen molar-refractivity contribution in [2.75, 3.05) is 7.11 Å². The van der Waals surface area contributed by atoms with Crippen LogP contribution in [0.2, 0.25) is 0 Å². The molecule has 0 unspecified atom stereocenters. The molecule has 11 heavy (non-hydrogen) atoms. The molecule has 0 fully saturated rings. The van der Waals surface area contributed by atoms with Crippen molar-refractivity contribution >= 4 is 21.4 Å². The van der Waals surface area contributed by atoms with Crippen LogP contribution in [0.1, 0.15) is 0 Å². The number of hydrogen-bond acceptors (Lipinski definition) is 4. The summed E-state index contributed by atoms with van der Waals surface area (Å²) in [4.78, 5) is 0. The van der Waals surface area contributed by atoms with Gasteiger partial charge in [0.25, 0.3) is 10.0 Å².